The molecule has 0 radical (unpaired) electrons. The zero-order valence-electron chi connectivity index (χ0n) is 8.70. The van der Waals surface area contributed by atoms with Crippen molar-refractivity contribution in [3.8, 4) is 0 Å². The fraction of sp³-hybridized carbons (Fsp3) is 0.400. The Morgan fingerprint density at radius 1 is 1.60 bits per heavy atom. The minimum absolute atomic E-state index is 0.329. The molecule has 0 amide bonds. The highest BCUT2D eigenvalue weighted by Gasteiger charge is 2.20. The van der Waals surface area contributed by atoms with Crippen molar-refractivity contribution in [2.24, 2.45) is 0 Å². The van der Waals surface area contributed by atoms with Crippen molar-refractivity contribution in [2.45, 2.75) is 20.3 Å². The first kappa shape index (κ1) is 11.7. The van der Waals surface area contributed by atoms with Crippen molar-refractivity contribution in [1.29, 1.82) is 0 Å². The number of nitrogen functional groups attached to an aromatic ring is 1. The second-order valence-electron chi connectivity index (χ2n) is 3.08. The van der Waals surface area contributed by atoms with Crippen LogP contribution in [-0.4, -0.2) is 18.9 Å². The second-order valence-corrected chi connectivity index (χ2v) is 4.17. The second kappa shape index (κ2) is 4.93. The van der Waals surface area contributed by atoms with Crippen molar-refractivity contribution in [2.75, 3.05) is 12.3 Å². The fourth-order valence-electron chi connectivity index (χ4n) is 1.19. The van der Waals surface area contributed by atoms with Crippen molar-refractivity contribution < 1.29 is 14.3 Å². The van der Waals surface area contributed by atoms with Gasteiger partial charge in [-0.25, -0.2) is 4.79 Å². The van der Waals surface area contributed by atoms with Crippen LogP contribution < -0.4 is 5.73 Å². The number of nitrogens with two attached hydrogens (primary N) is 1. The summed E-state index contributed by atoms with van der Waals surface area (Å²) in [5, 5.41) is 0.343. The van der Waals surface area contributed by atoms with E-state index in [2.05, 4.69) is 0 Å². The molecule has 1 rings (SSSR count). The topological polar surface area (TPSA) is 69.4 Å². The molecule has 82 valence electrons. The number of esters is 1. The molecule has 0 fully saturated rings. The zero-order chi connectivity index (χ0) is 11.4. The van der Waals surface area contributed by atoms with Gasteiger partial charge in [-0.3, -0.25) is 4.79 Å². The van der Waals surface area contributed by atoms with E-state index in [1.54, 1.807) is 6.92 Å². The van der Waals surface area contributed by atoms with Crippen molar-refractivity contribution in [3.05, 3.63) is 16.0 Å². The molecule has 0 atom stereocenters. The van der Waals surface area contributed by atoms with Crippen LogP contribution in [0.25, 0.3) is 0 Å². The first-order chi connectivity index (χ1) is 7.11. The van der Waals surface area contributed by atoms with Crippen LogP contribution in [0.4, 0.5) is 5.00 Å². The molecule has 1 heterocycles. The average Bonchev–Trinajstić information content (AvgIpc) is 2.50. The van der Waals surface area contributed by atoms with E-state index in [9.17, 15) is 9.59 Å². The lowest BCUT2D eigenvalue weighted by molar-refractivity contribution is 0.0506. The molecule has 0 aromatic carbocycles. The first-order valence-corrected chi connectivity index (χ1v) is 5.44. The average molecular weight is 227 g/mol. The molecule has 0 aliphatic rings. The van der Waals surface area contributed by atoms with E-state index in [4.69, 9.17) is 10.5 Å². The van der Waals surface area contributed by atoms with E-state index in [1.165, 1.54) is 0 Å². The molecule has 0 aliphatic heterocycles. The van der Waals surface area contributed by atoms with Crippen molar-refractivity contribution in [3.63, 3.8) is 0 Å². The number of aldehydes is 1. The van der Waals surface area contributed by atoms with Crippen LogP contribution in [-0.2, 0) is 4.74 Å². The molecule has 0 saturated carbocycles. The van der Waals surface area contributed by atoms with E-state index >= 15 is 0 Å². The molecule has 1 aromatic rings. The summed E-state index contributed by atoms with van der Waals surface area (Å²) in [5.41, 5.74) is 6.58. The summed E-state index contributed by atoms with van der Waals surface area (Å²) in [6.45, 7) is 3.97. The standard InChI is InChI=1S/C10H13NO3S/c1-3-4-14-10(13)8-6(2)7(5-12)15-9(8)11/h5H,3-4,11H2,1-2H3. The van der Waals surface area contributed by atoms with Crippen LogP contribution in [0.5, 0.6) is 0 Å². The summed E-state index contributed by atoms with van der Waals surface area (Å²) < 4.78 is 4.97. The van der Waals surface area contributed by atoms with Gasteiger partial charge in [0.1, 0.15) is 5.00 Å². The van der Waals surface area contributed by atoms with E-state index < -0.39 is 5.97 Å². The number of anilines is 1. The van der Waals surface area contributed by atoms with Gasteiger partial charge >= 0.3 is 5.97 Å². The molecule has 0 unspecified atom stereocenters. The molecular formula is C10H13NO3S. The van der Waals surface area contributed by atoms with E-state index in [0.29, 0.717) is 33.9 Å². The quantitative estimate of drug-likeness (QED) is 0.631. The molecule has 0 aliphatic carbocycles. The summed E-state index contributed by atoms with van der Waals surface area (Å²) in [6.07, 6.45) is 1.46. The predicted molar refractivity (Wildman–Crippen MR) is 59.4 cm³/mol. The van der Waals surface area contributed by atoms with E-state index in [-0.39, 0.29) is 0 Å². The summed E-state index contributed by atoms with van der Waals surface area (Å²) in [6, 6.07) is 0. The Balaban J connectivity index is 2.98. The van der Waals surface area contributed by atoms with Crippen LogP contribution in [0, 0.1) is 6.92 Å². The normalized spacial score (nSPS) is 10.0. The number of thiophene rings is 1. The lowest BCUT2D eigenvalue weighted by Crippen LogP contribution is -2.08. The molecule has 0 bridgehead atoms. The van der Waals surface area contributed by atoms with Crippen molar-refractivity contribution >= 4 is 28.6 Å². The third-order valence-corrected chi connectivity index (χ3v) is 3.01. The fourth-order valence-corrected chi connectivity index (χ4v) is 2.07. The summed E-state index contributed by atoms with van der Waals surface area (Å²) >= 11 is 1.11. The highest BCUT2D eigenvalue weighted by Crippen LogP contribution is 2.29. The SMILES string of the molecule is CCCOC(=O)c1c(N)sc(C=O)c1C. The zero-order valence-corrected chi connectivity index (χ0v) is 9.52. The molecular weight excluding hydrogens is 214 g/mol. The predicted octanol–water partition coefficient (Wildman–Crippen LogP) is 2.02. The van der Waals surface area contributed by atoms with Crippen LogP contribution in [0.2, 0.25) is 0 Å². The van der Waals surface area contributed by atoms with Gasteiger partial charge in [-0.1, -0.05) is 6.92 Å². The Kier molecular flexibility index (Phi) is 3.85. The molecule has 4 nitrogen and oxygen atoms in total. The summed E-state index contributed by atoms with van der Waals surface area (Å²) in [5.74, 6) is -0.448. The van der Waals surface area contributed by atoms with Crippen LogP contribution in [0.3, 0.4) is 0 Å². The van der Waals surface area contributed by atoms with Gasteiger partial charge in [-0.2, -0.15) is 0 Å². The van der Waals surface area contributed by atoms with E-state index in [1.807, 2.05) is 6.92 Å². The number of hydrogen-bond acceptors (Lipinski definition) is 5. The lowest BCUT2D eigenvalue weighted by atomic mass is 10.1. The van der Waals surface area contributed by atoms with Gasteiger partial charge in [0.25, 0.3) is 0 Å². The molecule has 0 spiro atoms. The summed E-state index contributed by atoms with van der Waals surface area (Å²) in [4.78, 5) is 22.7. The lowest BCUT2D eigenvalue weighted by Gasteiger charge is -2.03. The van der Waals surface area contributed by atoms with Crippen molar-refractivity contribution in [1.82, 2.24) is 0 Å². The largest absolute Gasteiger partial charge is 0.462 e. The number of rotatable bonds is 4. The molecule has 5 heteroatoms. The van der Waals surface area contributed by atoms with Gasteiger partial charge in [-0.15, -0.1) is 11.3 Å². The highest BCUT2D eigenvalue weighted by molar-refractivity contribution is 7.18. The van der Waals surface area contributed by atoms with Gasteiger partial charge in [0.05, 0.1) is 17.0 Å². The number of carbonyl (C=O) groups is 2. The Bertz CT molecular complexity index is 384. The number of ether oxygens (including phenoxy) is 1. The minimum atomic E-state index is -0.448. The minimum Gasteiger partial charge on any atom is -0.462 e. The number of hydrogen-bond donors (Lipinski definition) is 1. The van der Waals surface area contributed by atoms with Gasteiger partial charge in [-0.05, 0) is 18.9 Å². The molecule has 1 aromatic heterocycles. The smallest absolute Gasteiger partial charge is 0.341 e. The Labute approximate surface area is 92.0 Å². The van der Waals surface area contributed by atoms with Crippen LogP contribution >= 0.6 is 11.3 Å². The van der Waals surface area contributed by atoms with Gasteiger partial charge in [0, 0.05) is 0 Å². The van der Waals surface area contributed by atoms with Crippen LogP contribution in [0.1, 0.15) is 38.9 Å². The third-order valence-electron chi connectivity index (χ3n) is 1.96. The van der Waals surface area contributed by atoms with Gasteiger partial charge in [0.2, 0.25) is 0 Å². The van der Waals surface area contributed by atoms with Crippen LogP contribution in [0.15, 0.2) is 0 Å². The molecule has 15 heavy (non-hydrogen) atoms. The van der Waals surface area contributed by atoms with E-state index in [0.717, 1.165) is 17.8 Å². The maximum Gasteiger partial charge on any atom is 0.341 e. The summed E-state index contributed by atoms with van der Waals surface area (Å²) in [7, 11) is 0. The van der Waals surface area contributed by atoms with Gasteiger partial charge < -0.3 is 10.5 Å². The first-order valence-electron chi connectivity index (χ1n) is 4.63. The maximum atomic E-state index is 11.6. The maximum absolute atomic E-state index is 11.6. The van der Waals surface area contributed by atoms with Gasteiger partial charge in [0.15, 0.2) is 6.29 Å². The number of carbonyl (C=O) groups excluding carboxylic acids is 2. The monoisotopic (exact) mass is 227 g/mol. The Morgan fingerprint density at radius 3 is 2.73 bits per heavy atom. The third kappa shape index (κ3) is 2.36. The Hall–Kier alpha value is -1.36. The molecule has 0 saturated heterocycles. The Morgan fingerprint density at radius 2 is 2.27 bits per heavy atom. The molecule has 2 N–H and O–H groups in total. The highest BCUT2D eigenvalue weighted by atomic mass is 32.1.